The summed E-state index contributed by atoms with van der Waals surface area (Å²) in [5.41, 5.74) is 1.99. The number of hydrogen-bond donors (Lipinski definition) is 0. The summed E-state index contributed by atoms with van der Waals surface area (Å²) in [4.78, 5) is 4.42. The van der Waals surface area contributed by atoms with E-state index in [0.29, 0.717) is 18.1 Å². The van der Waals surface area contributed by atoms with Gasteiger partial charge in [0.1, 0.15) is 9.84 Å². The van der Waals surface area contributed by atoms with Gasteiger partial charge in [-0.25, -0.2) is 8.42 Å². The summed E-state index contributed by atoms with van der Waals surface area (Å²) in [5, 5.41) is 4.01. The quantitative estimate of drug-likeness (QED) is 0.818. The van der Waals surface area contributed by atoms with Gasteiger partial charge in [0.05, 0.1) is 5.75 Å². The first-order chi connectivity index (χ1) is 10.4. The molecule has 0 aliphatic heterocycles. The summed E-state index contributed by atoms with van der Waals surface area (Å²) in [5.74, 6) is 1.28. The molecule has 6 heteroatoms. The largest absolute Gasteiger partial charge is 0.339 e. The molecular weight excluding hydrogens is 300 g/mol. The molecule has 0 atom stereocenters. The molecule has 3 rings (SSSR count). The molecule has 0 spiro atoms. The number of aromatic nitrogens is 2. The first-order valence-electron chi connectivity index (χ1n) is 7.49. The van der Waals surface area contributed by atoms with Crippen LogP contribution in [0.25, 0.3) is 11.4 Å². The zero-order valence-electron chi connectivity index (χ0n) is 12.9. The van der Waals surface area contributed by atoms with Crippen molar-refractivity contribution in [2.45, 2.75) is 32.6 Å². The summed E-state index contributed by atoms with van der Waals surface area (Å²) in [6.07, 6.45) is 4.62. The van der Waals surface area contributed by atoms with Gasteiger partial charge in [-0.05, 0) is 30.2 Å². The van der Waals surface area contributed by atoms with E-state index in [-0.39, 0.29) is 11.2 Å². The van der Waals surface area contributed by atoms with E-state index < -0.39 is 9.84 Å². The maximum Gasteiger partial charge on any atom is 0.227 e. The van der Waals surface area contributed by atoms with Gasteiger partial charge in [0.2, 0.25) is 11.7 Å². The van der Waals surface area contributed by atoms with Crippen molar-refractivity contribution in [1.82, 2.24) is 10.1 Å². The summed E-state index contributed by atoms with van der Waals surface area (Å²) >= 11 is 0. The van der Waals surface area contributed by atoms with E-state index in [1.54, 1.807) is 0 Å². The minimum absolute atomic E-state index is 0.191. The molecule has 1 aliphatic carbocycles. The van der Waals surface area contributed by atoms with Crippen molar-refractivity contribution in [3.8, 4) is 11.4 Å². The maximum absolute atomic E-state index is 11.5. The number of hydrogen-bond acceptors (Lipinski definition) is 5. The molecule has 2 aromatic rings. The second-order valence-corrected chi connectivity index (χ2v) is 8.45. The molecule has 0 amide bonds. The van der Waals surface area contributed by atoms with Gasteiger partial charge in [0.25, 0.3) is 0 Å². The zero-order chi connectivity index (χ0) is 15.8. The van der Waals surface area contributed by atoms with E-state index in [9.17, 15) is 8.42 Å². The van der Waals surface area contributed by atoms with E-state index in [2.05, 4.69) is 29.2 Å². The van der Waals surface area contributed by atoms with Crippen LogP contribution in [0.15, 0.2) is 28.8 Å². The second kappa shape index (κ2) is 5.50. The third kappa shape index (κ3) is 3.55. The fraction of sp³-hybridized carbons (Fsp3) is 0.500. The molecule has 0 N–H and O–H groups in total. The molecule has 1 saturated carbocycles. The Hall–Kier alpha value is -1.69. The Labute approximate surface area is 130 Å². The normalized spacial score (nSPS) is 16.6. The highest BCUT2D eigenvalue weighted by atomic mass is 32.2. The lowest BCUT2D eigenvalue weighted by Gasteiger charge is -2.09. The number of benzene rings is 1. The fourth-order valence-corrected chi connectivity index (χ4v) is 4.26. The lowest BCUT2D eigenvalue weighted by molar-refractivity contribution is 0.353. The summed E-state index contributed by atoms with van der Waals surface area (Å²) in [7, 11) is -2.98. The Kier molecular flexibility index (Phi) is 3.80. The van der Waals surface area contributed by atoms with Crippen LogP contribution < -0.4 is 0 Å². The van der Waals surface area contributed by atoms with Gasteiger partial charge in [-0.15, -0.1) is 0 Å². The molecule has 1 aromatic heterocycles. The zero-order valence-corrected chi connectivity index (χ0v) is 13.7. The molecule has 0 radical (unpaired) electrons. The molecule has 1 aromatic carbocycles. The van der Waals surface area contributed by atoms with Crippen LogP contribution >= 0.6 is 0 Å². The fourth-order valence-electron chi connectivity index (χ4n) is 2.76. The van der Waals surface area contributed by atoms with E-state index >= 15 is 0 Å². The first kappa shape index (κ1) is 15.2. The second-order valence-electron chi connectivity index (χ2n) is 6.31. The topological polar surface area (TPSA) is 73.1 Å². The number of sulfone groups is 1. The lowest BCUT2D eigenvalue weighted by atomic mass is 10.1. The lowest BCUT2D eigenvalue weighted by Crippen LogP contribution is -2.18. The van der Waals surface area contributed by atoms with Crippen molar-refractivity contribution in [2.75, 3.05) is 12.0 Å². The van der Waals surface area contributed by atoms with Crippen molar-refractivity contribution in [3.63, 3.8) is 0 Å². The van der Waals surface area contributed by atoms with Gasteiger partial charge in [-0.1, -0.05) is 36.3 Å². The highest BCUT2D eigenvalue weighted by Crippen LogP contribution is 2.49. The summed E-state index contributed by atoms with van der Waals surface area (Å²) in [6.45, 7) is 2.11. The van der Waals surface area contributed by atoms with Crippen LogP contribution in [-0.2, 0) is 22.7 Å². The number of rotatable bonds is 6. The van der Waals surface area contributed by atoms with Gasteiger partial charge in [-0.2, -0.15) is 4.98 Å². The molecule has 0 unspecified atom stereocenters. The highest BCUT2D eigenvalue weighted by molar-refractivity contribution is 7.90. The highest BCUT2D eigenvalue weighted by Gasteiger charge is 2.46. The Bertz CT molecular complexity index is 759. The van der Waals surface area contributed by atoms with Crippen LogP contribution in [0.1, 0.15) is 31.2 Å². The van der Waals surface area contributed by atoms with Gasteiger partial charge in [0.15, 0.2) is 0 Å². The minimum atomic E-state index is -2.98. The van der Waals surface area contributed by atoms with Gasteiger partial charge in [-0.3, -0.25) is 0 Å². The summed E-state index contributed by atoms with van der Waals surface area (Å²) < 4.78 is 28.3. The SMILES string of the molecule is CCc1ccc(-c2noc(CC3(CS(C)(=O)=O)CC3)n2)cc1. The van der Waals surface area contributed by atoms with Crippen LogP contribution in [0, 0.1) is 5.41 Å². The van der Waals surface area contributed by atoms with Crippen molar-refractivity contribution >= 4 is 9.84 Å². The molecule has 0 saturated heterocycles. The smallest absolute Gasteiger partial charge is 0.227 e. The molecule has 118 valence electrons. The average Bonchev–Trinajstić information content (AvgIpc) is 3.03. The van der Waals surface area contributed by atoms with Crippen LogP contribution in [0.2, 0.25) is 0 Å². The Morgan fingerprint density at radius 1 is 1.23 bits per heavy atom. The average molecular weight is 320 g/mol. The Morgan fingerprint density at radius 2 is 1.91 bits per heavy atom. The van der Waals surface area contributed by atoms with Crippen molar-refractivity contribution < 1.29 is 12.9 Å². The monoisotopic (exact) mass is 320 g/mol. The van der Waals surface area contributed by atoms with Crippen molar-refractivity contribution in [3.05, 3.63) is 35.7 Å². The molecule has 22 heavy (non-hydrogen) atoms. The number of nitrogens with zero attached hydrogens (tertiary/aromatic N) is 2. The Morgan fingerprint density at radius 3 is 2.45 bits per heavy atom. The third-order valence-corrected chi connectivity index (χ3v) is 5.28. The van der Waals surface area contributed by atoms with Gasteiger partial charge < -0.3 is 4.52 Å². The predicted octanol–water partition coefficient (Wildman–Crippen LogP) is 2.67. The van der Waals surface area contributed by atoms with Gasteiger partial charge in [0, 0.05) is 18.2 Å². The molecule has 0 bridgehead atoms. The van der Waals surface area contributed by atoms with Crippen LogP contribution in [-0.4, -0.2) is 30.6 Å². The van der Waals surface area contributed by atoms with E-state index in [4.69, 9.17) is 4.52 Å². The van der Waals surface area contributed by atoms with Gasteiger partial charge >= 0.3 is 0 Å². The maximum atomic E-state index is 11.5. The summed E-state index contributed by atoms with van der Waals surface area (Å²) in [6, 6.07) is 8.07. The van der Waals surface area contributed by atoms with E-state index in [1.165, 1.54) is 11.8 Å². The van der Waals surface area contributed by atoms with Crippen LogP contribution in [0.4, 0.5) is 0 Å². The van der Waals surface area contributed by atoms with Crippen LogP contribution in [0.3, 0.4) is 0 Å². The Balaban J connectivity index is 1.74. The van der Waals surface area contributed by atoms with E-state index in [0.717, 1.165) is 24.8 Å². The van der Waals surface area contributed by atoms with Crippen LogP contribution in [0.5, 0.6) is 0 Å². The molecule has 1 aliphatic rings. The first-order valence-corrected chi connectivity index (χ1v) is 9.55. The number of aryl methyl sites for hydroxylation is 1. The molecule has 1 heterocycles. The predicted molar refractivity (Wildman–Crippen MR) is 84.2 cm³/mol. The third-order valence-electron chi connectivity index (χ3n) is 4.14. The molecule has 1 fully saturated rings. The van der Waals surface area contributed by atoms with E-state index in [1.807, 2.05) is 12.1 Å². The van der Waals surface area contributed by atoms with Crippen molar-refractivity contribution in [1.29, 1.82) is 0 Å². The standard InChI is InChI=1S/C16H20N2O3S/c1-3-12-4-6-13(7-5-12)15-17-14(21-18-15)10-16(8-9-16)11-22(2,19)20/h4-7H,3,8-11H2,1-2H3. The minimum Gasteiger partial charge on any atom is -0.339 e. The molecule has 5 nitrogen and oxygen atoms in total. The molecular formula is C16H20N2O3S. The van der Waals surface area contributed by atoms with Crippen molar-refractivity contribution in [2.24, 2.45) is 5.41 Å².